The predicted molar refractivity (Wildman–Crippen MR) is 210 cm³/mol. The summed E-state index contributed by atoms with van der Waals surface area (Å²) >= 11 is 0. The van der Waals surface area contributed by atoms with Gasteiger partial charge in [0, 0.05) is 25.0 Å². The Hall–Kier alpha value is -4.82. The van der Waals surface area contributed by atoms with Crippen molar-refractivity contribution in [3.8, 4) is 17.6 Å². The van der Waals surface area contributed by atoms with Gasteiger partial charge in [-0.05, 0) is 68.7 Å². The second kappa shape index (κ2) is 20.0. The van der Waals surface area contributed by atoms with Crippen molar-refractivity contribution in [2.24, 2.45) is 0 Å². The van der Waals surface area contributed by atoms with Gasteiger partial charge in [0.2, 0.25) is 5.91 Å². The Bertz CT molecular complexity index is 1860. The second-order valence-electron chi connectivity index (χ2n) is 14.3. The van der Waals surface area contributed by atoms with Gasteiger partial charge in [0.1, 0.15) is 35.3 Å². The minimum absolute atomic E-state index is 0.0118. The van der Waals surface area contributed by atoms with Crippen molar-refractivity contribution in [2.75, 3.05) is 34.0 Å². The number of hydrogen-bond acceptors (Lipinski definition) is 11. The number of carbonyl (C=O) groups is 3. The lowest BCUT2D eigenvalue weighted by atomic mass is 9.80. The van der Waals surface area contributed by atoms with Gasteiger partial charge in [-0.25, -0.2) is 9.46 Å². The Morgan fingerprint density at radius 1 is 0.949 bits per heavy atom. The van der Waals surface area contributed by atoms with Crippen LogP contribution in [0.25, 0.3) is 0 Å². The average molecular weight is 844 g/mol. The van der Waals surface area contributed by atoms with E-state index in [1.807, 2.05) is 98.3 Å². The van der Waals surface area contributed by atoms with Gasteiger partial charge in [-0.15, -0.1) is 0 Å². The molecular weight excluding hydrogens is 794 g/mol. The molecule has 2 heterocycles. The van der Waals surface area contributed by atoms with Crippen LogP contribution < -0.4 is 20.1 Å². The van der Waals surface area contributed by atoms with Crippen LogP contribution in [0.1, 0.15) is 57.2 Å². The summed E-state index contributed by atoms with van der Waals surface area (Å²) < 4.78 is 81.5. The Morgan fingerprint density at radius 2 is 1.51 bits per heavy atom. The van der Waals surface area contributed by atoms with Crippen molar-refractivity contribution in [2.45, 2.75) is 88.9 Å². The molecule has 0 spiro atoms. The third-order valence-electron chi connectivity index (χ3n) is 9.80. The molecule has 3 aromatic carbocycles. The van der Waals surface area contributed by atoms with Crippen LogP contribution in [0.15, 0.2) is 78.9 Å². The molecule has 0 aliphatic carbocycles. The van der Waals surface area contributed by atoms with Crippen molar-refractivity contribution < 1.29 is 55.5 Å². The number of imide groups is 1. The monoisotopic (exact) mass is 843 g/mol. The van der Waals surface area contributed by atoms with Crippen molar-refractivity contribution in [3.63, 3.8) is 0 Å². The molecule has 18 heteroatoms. The molecule has 2 fully saturated rings. The second-order valence-corrected chi connectivity index (χ2v) is 15.7. The first-order chi connectivity index (χ1) is 28.1. The van der Waals surface area contributed by atoms with E-state index in [4.69, 9.17) is 28.0 Å². The maximum atomic E-state index is 14.1. The van der Waals surface area contributed by atoms with E-state index in [-0.39, 0.29) is 44.7 Å². The Kier molecular flexibility index (Phi) is 15.3. The van der Waals surface area contributed by atoms with E-state index in [1.54, 1.807) is 38.5 Å². The van der Waals surface area contributed by atoms with Crippen molar-refractivity contribution >= 4 is 26.4 Å². The first-order valence-electron chi connectivity index (χ1n) is 19.0. The molecule has 4 amide bonds. The Balaban J connectivity index is 1.68. The van der Waals surface area contributed by atoms with Crippen LogP contribution in [-0.2, 0) is 33.7 Å². The highest BCUT2D eigenvalue weighted by molar-refractivity contribution is 7.44. The summed E-state index contributed by atoms with van der Waals surface area (Å²) in [7, 11) is 0.925. The van der Waals surface area contributed by atoms with Gasteiger partial charge in [0.05, 0.1) is 39.9 Å². The number of halogens is 3. The summed E-state index contributed by atoms with van der Waals surface area (Å²) in [6.07, 6.45) is -9.82. The summed E-state index contributed by atoms with van der Waals surface area (Å²) in [4.78, 5) is 39.4. The molecule has 5 atom stereocenters. The van der Waals surface area contributed by atoms with Crippen LogP contribution >= 0.6 is 8.53 Å². The molecule has 14 nitrogen and oxygen atoms in total. The molecule has 0 bridgehead atoms. The van der Waals surface area contributed by atoms with E-state index < -0.39 is 62.6 Å². The number of alkyl halides is 3. The normalized spacial score (nSPS) is 20.4. The fourth-order valence-corrected chi connectivity index (χ4v) is 8.94. The summed E-state index contributed by atoms with van der Waals surface area (Å²) in [6.45, 7) is 6.86. The molecule has 0 saturated carbocycles. The number of amides is 4. The van der Waals surface area contributed by atoms with E-state index in [1.165, 1.54) is 0 Å². The fourth-order valence-electron chi connectivity index (χ4n) is 7.16. The number of methoxy groups -OCH3 is 2. The highest BCUT2D eigenvalue weighted by Crippen LogP contribution is 2.50. The van der Waals surface area contributed by atoms with Crippen LogP contribution in [0.3, 0.4) is 0 Å². The van der Waals surface area contributed by atoms with E-state index in [9.17, 15) is 32.8 Å². The van der Waals surface area contributed by atoms with Crippen molar-refractivity contribution in [3.05, 3.63) is 95.6 Å². The van der Waals surface area contributed by atoms with E-state index >= 15 is 0 Å². The first kappa shape index (κ1) is 45.3. The number of rotatable bonds is 18. The number of nitrogens with zero attached hydrogens (tertiary/aromatic N) is 3. The number of carbonyl (C=O) groups excluding carboxylic acids is 3. The summed E-state index contributed by atoms with van der Waals surface area (Å²) in [5.74, 6) is -1.73. The van der Waals surface area contributed by atoms with Crippen LogP contribution in [0.4, 0.5) is 18.0 Å². The largest absolute Gasteiger partial charge is 0.497 e. The van der Waals surface area contributed by atoms with Crippen LogP contribution in [0.2, 0.25) is 0 Å². The maximum absolute atomic E-state index is 14.1. The predicted octanol–water partition coefficient (Wildman–Crippen LogP) is 6.39. The molecule has 59 heavy (non-hydrogen) atoms. The summed E-state index contributed by atoms with van der Waals surface area (Å²) in [5, 5.41) is 13.6. The number of hydrogen-bond donors (Lipinski definition) is 2. The van der Waals surface area contributed by atoms with Crippen LogP contribution in [0.5, 0.6) is 11.5 Å². The van der Waals surface area contributed by atoms with Gasteiger partial charge in [-0.3, -0.25) is 19.8 Å². The summed E-state index contributed by atoms with van der Waals surface area (Å²) in [5.41, 5.74) is 0.545. The molecule has 318 valence electrons. The number of ether oxygens (including phenoxy) is 4. The lowest BCUT2D eigenvalue weighted by Gasteiger charge is -2.40. The molecule has 2 aliphatic rings. The summed E-state index contributed by atoms with van der Waals surface area (Å²) in [6, 6.07) is 22.7. The minimum Gasteiger partial charge on any atom is -0.497 e. The topological polar surface area (TPSA) is 161 Å². The third-order valence-corrected chi connectivity index (χ3v) is 11.9. The number of benzene rings is 3. The van der Waals surface area contributed by atoms with E-state index in [2.05, 4.69) is 5.32 Å². The number of nitriles is 1. The van der Waals surface area contributed by atoms with Gasteiger partial charge in [-0.1, -0.05) is 54.6 Å². The van der Waals surface area contributed by atoms with Gasteiger partial charge < -0.3 is 33.3 Å². The fraction of sp³-hybridized carbons (Fsp3) is 0.463. The van der Waals surface area contributed by atoms with Crippen LogP contribution in [0, 0.1) is 11.3 Å². The maximum Gasteiger partial charge on any atom is 0.471 e. The van der Waals surface area contributed by atoms with E-state index in [0.29, 0.717) is 28.2 Å². The highest BCUT2D eigenvalue weighted by atomic mass is 31.2. The SMILES string of the molecule is COc1ccc(C(OC[C@H]2O[C@@H](N3CCC(=O)NC3=O)[C@H](NC(=O)C(F)(F)F)[C@@H]2OP(OCCC#N)N(C(C)C)C(C)C)(c2ccccc2)c2ccc(OC)cc2)cc1. The molecule has 2 aliphatic heterocycles. The van der Waals surface area contributed by atoms with Crippen molar-refractivity contribution in [1.82, 2.24) is 20.2 Å². The highest BCUT2D eigenvalue weighted by Gasteiger charge is 2.55. The third kappa shape index (κ3) is 10.5. The average Bonchev–Trinajstić information content (AvgIpc) is 3.53. The molecular formula is C41H49F3N5O9P. The number of nitrogens with one attached hydrogen (secondary N) is 2. The molecule has 2 saturated heterocycles. The molecule has 2 N–H and O–H groups in total. The lowest BCUT2D eigenvalue weighted by Crippen LogP contribution is -2.61. The number of urea groups is 1. The molecule has 5 rings (SSSR count). The van der Waals surface area contributed by atoms with Gasteiger partial charge in [0.25, 0.3) is 8.53 Å². The molecule has 3 aromatic rings. The zero-order valence-corrected chi connectivity index (χ0v) is 34.5. The molecule has 0 aromatic heterocycles. The molecule has 1 unspecified atom stereocenters. The molecule has 0 radical (unpaired) electrons. The first-order valence-corrected chi connectivity index (χ1v) is 20.1. The van der Waals surface area contributed by atoms with Gasteiger partial charge >= 0.3 is 18.1 Å². The standard InChI is InChI=1S/C41H49F3N5O9P/c1-26(2)49(27(3)4)59(56-24-10-22-45)58-36-33(57-37(35(36)47-38(51)41(42,43)44)48-23-21-34(50)46-39(48)52)25-55-40(28-11-8-7-9-12-28,29-13-17-31(53-5)18-14-29)30-15-19-32(54-6)20-16-30/h7-9,11-20,26-27,33,35-37H,10,21,23-25H2,1-6H3,(H,47,51)(H,46,50,52)/t33-,35-,36-,37-,59?/m1/s1. The lowest BCUT2D eigenvalue weighted by molar-refractivity contribution is -0.175. The van der Waals surface area contributed by atoms with Crippen molar-refractivity contribution in [1.29, 1.82) is 5.26 Å². The van der Waals surface area contributed by atoms with E-state index in [0.717, 1.165) is 4.90 Å². The van der Waals surface area contributed by atoms with Gasteiger partial charge in [0.15, 0.2) is 6.23 Å². The van der Waals surface area contributed by atoms with Gasteiger partial charge in [-0.2, -0.15) is 18.4 Å². The van der Waals surface area contributed by atoms with Crippen LogP contribution in [-0.4, -0.2) is 104 Å². The Labute approximate surface area is 342 Å². The smallest absolute Gasteiger partial charge is 0.471 e. The zero-order valence-electron chi connectivity index (χ0n) is 33.6. The minimum atomic E-state index is -5.33. The zero-order chi connectivity index (χ0) is 42.9. The Morgan fingerprint density at radius 3 is 2.00 bits per heavy atom. The quantitative estimate of drug-likeness (QED) is 0.0830.